The van der Waals surface area contributed by atoms with Gasteiger partial charge >= 0.3 is 0 Å². The van der Waals surface area contributed by atoms with Crippen LogP contribution in [-0.4, -0.2) is 40.2 Å². The number of benzene rings is 4. The molecule has 1 fully saturated rings. The number of carbonyl (C=O) groups excluding carboxylic acids is 3. The summed E-state index contributed by atoms with van der Waals surface area (Å²) in [6, 6.07) is 29.8. The zero-order chi connectivity index (χ0) is 28.5. The first-order chi connectivity index (χ1) is 19.9. The average Bonchev–Trinajstić information content (AvgIpc) is 3.53. The van der Waals surface area contributed by atoms with Gasteiger partial charge in [0.1, 0.15) is 11.0 Å². The maximum atomic E-state index is 13.8. The van der Waals surface area contributed by atoms with Crippen molar-refractivity contribution in [3.8, 4) is 10.6 Å². The molecule has 41 heavy (non-hydrogen) atoms. The minimum Gasteiger partial charge on any atom is -0.326 e. The molecule has 3 amide bonds. The quantitative estimate of drug-likeness (QED) is 0.211. The second-order valence-corrected chi connectivity index (χ2v) is 11.5. The van der Waals surface area contributed by atoms with Gasteiger partial charge in [-0.2, -0.15) is 0 Å². The summed E-state index contributed by atoms with van der Waals surface area (Å²) in [5, 5.41) is 0.880. The molecule has 7 heteroatoms. The Hall–Kier alpha value is -4.62. The van der Waals surface area contributed by atoms with Crippen LogP contribution in [0, 0.1) is 13.8 Å². The predicted molar refractivity (Wildman–Crippen MR) is 163 cm³/mol. The molecule has 6 nitrogen and oxygen atoms in total. The van der Waals surface area contributed by atoms with Gasteiger partial charge in [0.05, 0.1) is 22.3 Å². The number of rotatable bonds is 7. The lowest BCUT2D eigenvalue weighted by Crippen LogP contribution is -2.46. The Labute approximate surface area is 242 Å². The fourth-order valence-corrected chi connectivity index (χ4v) is 6.26. The molecule has 4 aromatic carbocycles. The molecule has 2 heterocycles. The minimum atomic E-state index is -0.868. The van der Waals surface area contributed by atoms with Gasteiger partial charge in [0.2, 0.25) is 5.91 Å². The molecule has 1 aliphatic rings. The van der Waals surface area contributed by atoms with Crippen molar-refractivity contribution in [2.45, 2.75) is 32.7 Å². The molecule has 0 bridgehead atoms. The highest BCUT2D eigenvalue weighted by Crippen LogP contribution is 2.33. The van der Waals surface area contributed by atoms with Crippen molar-refractivity contribution in [1.29, 1.82) is 0 Å². The lowest BCUT2D eigenvalue weighted by atomic mass is 10.1. The summed E-state index contributed by atoms with van der Waals surface area (Å²) in [5.41, 5.74) is 6.14. The first-order valence-corrected chi connectivity index (χ1v) is 14.4. The Morgan fingerprint density at radius 3 is 2.34 bits per heavy atom. The van der Waals surface area contributed by atoms with E-state index in [0.29, 0.717) is 24.2 Å². The second-order valence-electron chi connectivity index (χ2n) is 10.4. The molecule has 1 atom stereocenters. The van der Waals surface area contributed by atoms with E-state index in [-0.39, 0.29) is 24.1 Å². The van der Waals surface area contributed by atoms with Crippen LogP contribution in [0.5, 0.6) is 0 Å². The number of amides is 3. The standard InChI is InChI=1S/C34H29N3O3S/c1-22-8-11-26(12-9-22)33(39)36(19-18-24-6-4-3-5-7-24)29-21-31(38)37(34(29)40)27-15-13-25(14-16-27)32-35-28-17-10-23(2)20-30(28)41-32/h3-17,20,29H,18-19,21H2,1-2H3. The van der Waals surface area contributed by atoms with Gasteiger partial charge in [-0.15, -0.1) is 11.3 Å². The molecule has 0 saturated carbocycles. The average molecular weight is 560 g/mol. The van der Waals surface area contributed by atoms with Gasteiger partial charge in [-0.3, -0.25) is 14.4 Å². The van der Waals surface area contributed by atoms with Crippen molar-refractivity contribution in [1.82, 2.24) is 9.88 Å². The van der Waals surface area contributed by atoms with Crippen molar-refractivity contribution in [2.24, 2.45) is 0 Å². The van der Waals surface area contributed by atoms with Gasteiger partial charge in [-0.25, -0.2) is 9.88 Å². The highest BCUT2D eigenvalue weighted by atomic mass is 32.1. The number of hydrogen-bond acceptors (Lipinski definition) is 5. The van der Waals surface area contributed by atoms with Crippen LogP contribution in [-0.2, 0) is 16.0 Å². The summed E-state index contributed by atoms with van der Waals surface area (Å²) in [7, 11) is 0. The SMILES string of the molecule is Cc1ccc(C(=O)N(CCc2ccccc2)C2CC(=O)N(c3ccc(-c4nc5ccc(C)cc5s4)cc3)C2=O)cc1. The van der Waals surface area contributed by atoms with Crippen LogP contribution < -0.4 is 4.90 Å². The maximum Gasteiger partial charge on any atom is 0.257 e. The molecule has 1 aliphatic heterocycles. The minimum absolute atomic E-state index is 0.0514. The van der Waals surface area contributed by atoms with Gasteiger partial charge in [-0.05, 0) is 79.9 Å². The highest BCUT2D eigenvalue weighted by molar-refractivity contribution is 7.21. The molecule has 6 rings (SSSR count). The summed E-state index contributed by atoms with van der Waals surface area (Å²) >= 11 is 1.61. The van der Waals surface area contributed by atoms with Gasteiger partial charge in [0.25, 0.3) is 11.8 Å². The van der Waals surface area contributed by atoms with Crippen LogP contribution in [0.25, 0.3) is 20.8 Å². The molecule has 204 valence electrons. The molecule has 0 aliphatic carbocycles. The first-order valence-electron chi connectivity index (χ1n) is 13.6. The molecule has 1 saturated heterocycles. The molecular formula is C34H29N3O3S. The summed E-state index contributed by atoms with van der Waals surface area (Å²) in [4.78, 5) is 48.2. The smallest absolute Gasteiger partial charge is 0.257 e. The number of carbonyl (C=O) groups is 3. The number of aromatic nitrogens is 1. The number of nitrogens with zero attached hydrogens (tertiary/aromatic N) is 3. The molecule has 0 spiro atoms. The van der Waals surface area contributed by atoms with Gasteiger partial charge in [-0.1, -0.05) is 54.1 Å². The van der Waals surface area contributed by atoms with E-state index in [4.69, 9.17) is 4.98 Å². The largest absolute Gasteiger partial charge is 0.326 e. The van der Waals surface area contributed by atoms with E-state index in [1.807, 2.05) is 73.7 Å². The monoisotopic (exact) mass is 559 g/mol. The van der Waals surface area contributed by atoms with Gasteiger partial charge < -0.3 is 4.90 Å². The Morgan fingerprint density at radius 2 is 1.61 bits per heavy atom. The van der Waals surface area contributed by atoms with Crippen molar-refractivity contribution in [3.63, 3.8) is 0 Å². The topological polar surface area (TPSA) is 70.6 Å². The van der Waals surface area contributed by atoms with Crippen LogP contribution >= 0.6 is 11.3 Å². The Bertz CT molecular complexity index is 1740. The summed E-state index contributed by atoms with van der Waals surface area (Å²) in [6.45, 7) is 4.34. The van der Waals surface area contributed by atoms with Crippen molar-refractivity contribution in [3.05, 3.63) is 119 Å². The normalized spacial score (nSPS) is 15.1. The Balaban J connectivity index is 1.26. The third kappa shape index (κ3) is 5.41. The lowest BCUT2D eigenvalue weighted by molar-refractivity contribution is -0.122. The third-order valence-corrected chi connectivity index (χ3v) is 8.53. The van der Waals surface area contributed by atoms with E-state index in [0.717, 1.165) is 31.9 Å². The number of thiazole rings is 1. The van der Waals surface area contributed by atoms with Crippen LogP contribution in [0.15, 0.2) is 97.1 Å². The van der Waals surface area contributed by atoms with Crippen molar-refractivity contribution in [2.75, 3.05) is 11.4 Å². The van der Waals surface area contributed by atoms with E-state index in [9.17, 15) is 14.4 Å². The number of hydrogen-bond donors (Lipinski definition) is 0. The fourth-order valence-electron chi connectivity index (χ4n) is 5.19. The van der Waals surface area contributed by atoms with Crippen LogP contribution in [0.2, 0.25) is 0 Å². The zero-order valence-corrected chi connectivity index (χ0v) is 23.7. The molecule has 0 radical (unpaired) electrons. The zero-order valence-electron chi connectivity index (χ0n) is 22.9. The Kier molecular flexibility index (Phi) is 7.20. The summed E-state index contributed by atoms with van der Waals surface area (Å²) in [6.07, 6.45) is 0.525. The van der Waals surface area contributed by atoms with E-state index in [1.165, 1.54) is 10.5 Å². The van der Waals surface area contributed by atoms with Crippen LogP contribution in [0.1, 0.15) is 33.5 Å². The predicted octanol–water partition coefficient (Wildman–Crippen LogP) is 6.60. The molecule has 0 N–H and O–H groups in total. The van der Waals surface area contributed by atoms with Crippen LogP contribution in [0.4, 0.5) is 5.69 Å². The maximum absolute atomic E-state index is 13.8. The van der Waals surface area contributed by atoms with Gasteiger partial charge in [0.15, 0.2) is 0 Å². The highest BCUT2D eigenvalue weighted by Gasteiger charge is 2.44. The van der Waals surface area contributed by atoms with Gasteiger partial charge in [0, 0.05) is 17.7 Å². The number of imide groups is 1. The van der Waals surface area contributed by atoms with Crippen LogP contribution in [0.3, 0.4) is 0 Å². The first kappa shape index (κ1) is 26.6. The molecule has 5 aromatic rings. The summed E-state index contributed by atoms with van der Waals surface area (Å²) in [5.74, 6) is -0.952. The van der Waals surface area contributed by atoms with Crippen molar-refractivity contribution < 1.29 is 14.4 Å². The lowest BCUT2D eigenvalue weighted by Gasteiger charge is -2.28. The van der Waals surface area contributed by atoms with E-state index in [2.05, 4.69) is 13.0 Å². The number of aryl methyl sites for hydroxylation is 2. The molecular weight excluding hydrogens is 530 g/mol. The fraction of sp³-hybridized carbons (Fsp3) is 0.176. The van der Waals surface area contributed by atoms with Crippen molar-refractivity contribution >= 4 is 45.0 Å². The molecule has 1 aromatic heterocycles. The van der Waals surface area contributed by atoms with E-state index >= 15 is 0 Å². The third-order valence-electron chi connectivity index (χ3n) is 7.46. The molecule has 1 unspecified atom stereocenters. The second kappa shape index (κ2) is 11.1. The number of fused-ring (bicyclic) bond motifs is 1. The van der Waals surface area contributed by atoms with E-state index in [1.54, 1.807) is 40.5 Å². The Morgan fingerprint density at radius 1 is 0.902 bits per heavy atom. The summed E-state index contributed by atoms with van der Waals surface area (Å²) < 4.78 is 1.12. The van der Waals surface area contributed by atoms with E-state index < -0.39 is 6.04 Å². The number of anilines is 1.